The summed E-state index contributed by atoms with van der Waals surface area (Å²) in [5.41, 5.74) is -0.554. The first-order chi connectivity index (χ1) is 22.7. The largest absolute Gasteiger partial charge is 0.481 e. The molecule has 0 aliphatic rings. The third-order valence-corrected chi connectivity index (χ3v) is 7.47. The topological polar surface area (TPSA) is 211 Å². The normalized spacial score (nSPS) is 13.4. The van der Waals surface area contributed by atoms with Gasteiger partial charge in [-0.1, -0.05) is 37.5 Å². The van der Waals surface area contributed by atoms with E-state index in [2.05, 4.69) is 0 Å². The van der Waals surface area contributed by atoms with Crippen molar-refractivity contribution in [2.75, 3.05) is 26.4 Å². The minimum Gasteiger partial charge on any atom is -0.481 e. The number of ether oxygens (including phenoxy) is 3. The van der Waals surface area contributed by atoms with Gasteiger partial charge in [-0.25, -0.2) is 14.4 Å². The first-order valence-electron chi connectivity index (χ1n) is 16.5. The van der Waals surface area contributed by atoms with Crippen molar-refractivity contribution in [3.05, 3.63) is 34.9 Å². The lowest BCUT2D eigenvalue weighted by Gasteiger charge is -2.30. The van der Waals surface area contributed by atoms with E-state index in [4.69, 9.17) is 29.5 Å². The van der Waals surface area contributed by atoms with E-state index in [0.29, 0.717) is 93.8 Å². The number of aliphatic carboxylic acids is 3. The molecular weight excluding hydrogens is 628 g/mol. The second-order valence-electron chi connectivity index (χ2n) is 12.0. The Morgan fingerprint density at radius 1 is 0.479 bits per heavy atom. The highest BCUT2D eigenvalue weighted by molar-refractivity contribution is 5.88. The Labute approximate surface area is 283 Å². The number of unbranched alkanes of at least 4 members (excludes halogenated alkanes) is 9. The fourth-order valence-corrected chi connectivity index (χ4v) is 4.26. The van der Waals surface area contributed by atoms with Crippen molar-refractivity contribution in [3.63, 3.8) is 0 Å². The van der Waals surface area contributed by atoms with Gasteiger partial charge in [0.15, 0.2) is 0 Å². The van der Waals surface area contributed by atoms with Gasteiger partial charge in [0.1, 0.15) is 19.8 Å². The summed E-state index contributed by atoms with van der Waals surface area (Å²) in [6, 6.07) is 0. The van der Waals surface area contributed by atoms with E-state index in [1.165, 1.54) is 0 Å². The van der Waals surface area contributed by atoms with Gasteiger partial charge in [0.25, 0.3) is 0 Å². The smallest absolute Gasteiger partial charge is 0.333 e. The van der Waals surface area contributed by atoms with Crippen molar-refractivity contribution < 1.29 is 63.4 Å². The minimum atomic E-state index is -1.47. The molecule has 0 spiro atoms. The first-order valence-corrected chi connectivity index (χ1v) is 16.5. The molecule has 0 bridgehead atoms. The van der Waals surface area contributed by atoms with Gasteiger partial charge >= 0.3 is 35.8 Å². The molecule has 0 aliphatic heterocycles. The molecule has 48 heavy (non-hydrogen) atoms. The summed E-state index contributed by atoms with van der Waals surface area (Å²) in [5.74, 6) is -4.60. The van der Waals surface area contributed by atoms with Crippen LogP contribution < -0.4 is 0 Å². The molecule has 272 valence electrons. The van der Waals surface area contributed by atoms with E-state index in [1.54, 1.807) is 39.0 Å². The molecule has 0 radical (unpaired) electrons. The molecule has 0 rings (SSSR count). The SMILES string of the molecule is CC(=CCCCCCC(=O)O)C(=O)OCC(CO)(COC(=O)C(C)=CCCCCCC(=O)O)COC(=O)C(C)=CCCCCCC(=O)O. The van der Waals surface area contributed by atoms with Crippen LogP contribution in [0.5, 0.6) is 0 Å². The number of carboxylic acid groups (broad SMARTS) is 3. The van der Waals surface area contributed by atoms with Crippen LogP contribution in [0.4, 0.5) is 0 Å². The summed E-state index contributed by atoms with van der Waals surface area (Å²) >= 11 is 0. The number of aliphatic hydroxyl groups is 1. The summed E-state index contributed by atoms with van der Waals surface area (Å²) in [5, 5.41) is 36.6. The van der Waals surface area contributed by atoms with Crippen LogP contribution in [0, 0.1) is 5.41 Å². The van der Waals surface area contributed by atoms with Gasteiger partial charge < -0.3 is 34.6 Å². The molecule has 0 saturated heterocycles. The summed E-state index contributed by atoms with van der Waals surface area (Å²) < 4.78 is 16.4. The molecule has 0 unspecified atom stereocenters. The van der Waals surface area contributed by atoms with Crippen molar-refractivity contribution in [1.29, 1.82) is 0 Å². The Balaban J connectivity index is 5.39. The maximum absolute atomic E-state index is 12.7. The predicted molar refractivity (Wildman–Crippen MR) is 176 cm³/mol. The summed E-state index contributed by atoms with van der Waals surface area (Å²) in [7, 11) is 0. The van der Waals surface area contributed by atoms with Crippen LogP contribution in [0.1, 0.15) is 117 Å². The quantitative estimate of drug-likeness (QED) is 0.0346. The van der Waals surface area contributed by atoms with E-state index in [1.807, 2.05) is 0 Å². The number of esters is 3. The molecule has 0 saturated carbocycles. The fraction of sp³-hybridized carbons (Fsp3) is 0.657. The summed E-state index contributed by atoms with van der Waals surface area (Å²) in [4.78, 5) is 70.1. The molecular formula is C35H54O13. The monoisotopic (exact) mass is 682 g/mol. The van der Waals surface area contributed by atoms with E-state index in [-0.39, 0.29) is 19.3 Å². The molecule has 0 aliphatic carbocycles. The summed E-state index contributed by atoms with van der Waals surface area (Å²) in [6.07, 6.45) is 12.6. The number of aliphatic hydroxyl groups excluding tert-OH is 1. The standard InChI is InChI=1S/C35H54O13/c1-26(16-10-4-7-13-19-29(37)38)32(43)46-23-35(22-36,24-47-33(44)27(2)17-11-5-8-14-20-30(39)40)25-48-34(45)28(3)18-12-6-9-15-21-31(41)42/h16-18,36H,4-15,19-25H2,1-3H3,(H,37,38)(H,39,40)(H,41,42). The lowest BCUT2D eigenvalue weighted by atomic mass is 9.92. The van der Waals surface area contributed by atoms with Crippen LogP contribution in [-0.2, 0) is 43.0 Å². The molecule has 0 aromatic rings. The number of hydrogen-bond donors (Lipinski definition) is 4. The van der Waals surface area contributed by atoms with Gasteiger partial charge in [0, 0.05) is 36.0 Å². The Morgan fingerprint density at radius 3 is 0.979 bits per heavy atom. The highest BCUT2D eigenvalue weighted by Gasteiger charge is 2.36. The average molecular weight is 683 g/mol. The second kappa shape index (κ2) is 26.0. The fourth-order valence-electron chi connectivity index (χ4n) is 4.26. The van der Waals surface area contributed by atoms with Crippen molar-refractivity contribution >= 4 is 35.8 Å². The second-order valence-corrected chi connectivity index (χ2v) is 12.0. The summed E-state index contributed by atoms with van der Waals surface area (Å²) in [6.45, 7) is 2.76. The third kappa shape index (κ3) is 22.5. The first kappa shape index (κ1) is 44.0. The average Bonchev–Trinajstić information content (AvgIpc) is 3.04. The number of carbonyl (C=O) groups is 6. The van der Waals surface area contributed by atoms with Gasteiger partial charge in [-0.2, -0.15) is 0 Å². The van der Waals surface area contributed by atoms with Crippen molar-refractivity contribution in [2.24, 2.45) is 5.41 Å². The van der Waals surface area contributed by atoms with Crippen LogP contribution in [0.15, 0.2) is 34.9 Å². The molecule has 0 amide bonds. The Morgan fingerprint density at radius 2 is 0.750 bits per heavy atom. The molecule has 0 fully saturated rings. The molecule has 13 nitrogen and oxygen atoms in total. The van der Waals surface area contributed by atoms with Crippen LogP contribution in [-0.4, -0.2) is 82.7 Å². The Kier molecular flexibility index (Phi) is 23.8. The highest BCUT2D eigenvalue weighted by atomic mass is 16.6. The van der Waals surface area contributed by atoms with Crippen molar-refractivity contribution in [1.82, 2.24) is 0 Å². The zero-order valence-electron chi connectivity index (χ0n) is 28.6. The lowest BCUT2D eigenvalue weighted by Crippen LogP contribution is -2.42. The zero-order valence-corrected chi connectivity index (χ0v) is 28.6. The molecule has 0 aromatic heterocycles. The van der Waals surface area contributed by atoms with Gasteiger partial charge in [-0.3, -0.25) is 14.4 Å². The van der Waals surface area contributed by atoms with Crippen molar-refractivity contribution in [3.8, 4) is 0 Å². The number of carboxylic acids is 3. The predicted octanol–water partition coefficient (Wildman–Crippen LogP) is 5.54. The van der Waals surface area contributed by atoms with E-state index >= 15 is 0 Å². The maximum atomic E-state index is 12.7. The van der Waals surface area contributed by atoms with Gasteiger partial charge in [-0.15, -0.1) is 0 Å². The number of hydrogen-bond acceptors (Lipinski definition) is 10. The van der Waals surface area contributed by atoms with Gasteiger partial charge in [-0.05, 0) is 78.6 Å². The molecule has 0 heterocycles. The lowest BCUT2D eigenvalue weighted by molar-refractivity contribution is -0.160. The molecule has 13 heteroatoms. The zero-order chi connectivity index (χ0) is 36.4. The van der Waals surface area contributed by atoms with E-state index < -0.39 is 67.7 Å². The number of carbonyl (C=O) groups excluding carboxylic acids is 3. The highest BCUT2D eigenvalue weighted by Crippen LogP contribution is 2.22. The Bertz CT molecular complexity index is 997. The minimum absolute atomic E-state index is 0.0803. The van der Waals surface area contributed by atoms with Crippen LogP contribution in [0.3, 0.4) is 0 Å². The molecule has 4 N–H and O–H groups in total. The van der Waals surface area contributed by atoms with Crippen LogP contribution >= 0.6 is 0 Å². The van der Waals surface area contributed by atoms with Gasteiger partial charge in [0.05, 0.1) is 12.0 Å². The Hall–Kier alpha value is -4.00. The molecule has 0 aromatic carbocycles. The van der Waals surface area contributed by atoms with Crippen LogP contribution in [0.25, 0.3) is 0 Å². The van der Waals surface area contributed by atoms with Crippen molar-refractivity contribution in [2.45, 2.75) is 117 Å². The van der Waals surface area contributed by atoms with Gasteiger partial charge in [0.2, 0.25) is 0 Å². The maximum Gasteiger partial charge on any atom is 0.333 e. The van der Waals surface area contributed by atoms with E-state index in [9.17, 15) is 33.9 Å². The third-order valence-electron chi connectivity index (χ3n) is 7.47. The number of rotatable bonds is 28. The van der Waals surface area contributed by atoms with Crippen LogP contribution in [0.2, 0.25) is 0 Å². The molecule has 0 atom stereocenters. The van der Waals surface area contributed by atoms with E-state index in [0.717, 1.165) is 0 Å². The number of allylic oxidation sites excluding steroid dienone is 3.